The first kappa shape index (κ1) is 15.0. The largest absolute Gasteiger partial charge is 0.438 e. The predicted octanol–water partition coefficient (Wildman–Crippen LogP) is 3.73. The third-order valence-corrected chi connectivity index (χ3v) is 3.86. The third kappa shape index (κ3) is 2.83. The lowest BCUT2D eigenvalue weighted by Crippen LogP contribution is -2.00. The van der Waals surface area contributed by atoms with Crippen molar-refractivity contribution in [3.05, 3.63) is 89.4 Å². The molecule has 0 radical (unpaired) electrons. The van der Waals surface area contributed by atoms with E-state index in [2.05, 4.69) is 9.97 Å². The molecule has 1 heterocycles. The summed E-state index contributed by atoms with van der Waals surface area (Å²) in [7, 11) is 0. The molecule has 0 aliphatic heterocycles. The first-order valence-corrected chi connectivity index (χ1v) is 7.66. The van der Waals surface area contributed by atoms with Crippen molar-refractivity contribution in [2.24, 2.45) is 0 Å². The van der Waals surface area contributed by atoms with Crippen LogP contribution in [0.3, 0.4) is 0 Å². The molecular weight excluding hydrogens is 316 g/mol. The number of Topliss-reactive ketones (excluding diaryl/α,β-unsaturated/α-hetero) is 2. The maximum atomic E-state index is 12.4. The summed E-state index contributed by atoms with van der Waals surface area (Å²) < 4.78 is 5.57. The van der Waals surface area contributed by atoms with Gasteiger partial charge in [-0.05, 0) is 23.8 Å². The SMILES string of the molecule is O=C1C(=Cc2ccc(Oc3cnccn3)cc2)C(=O)c2ccccc21. The first-order valence-electron chi connectivity index (χ1n) is 7.66. The van der Waals surface area contributed by atoms with Crippen molar-refractivity contribution in [1.29, 1.82) is 0 Å². The molecule has 4 rings (SSSR count). The van der Waals surface area contributed by atoms with Crippen LogP contribution in [0.1, 0.15) is 26.3 Å². The Morgan fingerprint density at radius 3 is 2.12 bits per heavy atom. The van der Waals surface area contributed by atoms with Crippen molar-refractivity contribution in [3.63, 3.8) is 0 Å². The van der Waals surface area contributed by atoms with Gasteiger partial charge in [0.1, 0.15) is 5.75 Å². The molecule has 25 heavy (non-hydrogen) atoms. The fraction of sp³-hybridized carbons (Fsp3) is 0. The molecule has 0 N–H and O–H groups in total. The maximum Gasteiger partial charge on any atom is 0.237 e. The Hall–Kier alpha value is -3.60. The molecular formula is C20H12N2O3. The van der Waals surface area contributed by atoms with E-state index in [0.29, 0.717) is 22.8 Å². The molecule has 1 aliphatic rings. The zero-order chi connectivity index (χ0) is 17.2. The Morgan fingerprint density at radius 2 is 1.52 bits per heavy atom. The van der Waals surface area contributed by atoms with Crippen LogP contribution in [0.2, 0.25) is 0 Å². The topological polar surface area (TPSA) is 69.2 Å². The second kappa shape index (κ2) is 6.13. The predicted molar refractivity (Wildman–Crippen MR) is 91.6 cm³/mol. The van der Waals surface area contributed by atoms with E-state index >= 15 is 0 Å². The van der Waals surface area contributed by atoms with Gasteiger partial charge in [-0.1, -0.05) is 36.4 Å². The summed E-state index contributed by atoms with van der Waals surface area (Å²) in [6, 6.07) is 13.9. The van der Waals surface area contributed by atoms with E-state index in [9.17, 15) is 9.59 Å². The van der Waals surface area contributed by atoms with Gasteiger partial charge < -0.3 is 4.74 Å². The van der Waals surface area contributed by atoms with E-state index in [4.69, 9.17) is 4.74 Å². The van der Waals surface area contributed by atoms with Gasteiger partial charge in [-0.15, -0.1) is 0 Å². The molecule has 0 fully saturated rings. The molecule has 0 unspecified atom stereocenters. The van der Waals surface area contributed by atoms with Crippen LogP contribution in [-0.2, 0) is 0 Å². The summed E-state index contributed by atoms with van der Waals surface area (Å²) >= 11 is 0. The first-order chi connectivity index (χ1) is 12.2. The lowest BCUT2D eigenvalue weighted by atomic mass is 10.1. The monoisotopic (exact) mass is 328 g/mol. The number of hydrogen-bond acceptors (Lipinski definition) is 5. The Balaban J connectivity index is 1.58. The summed E-state index contributed by atoms with van der Waals surface area (Å²) in [5.41, 5.74) is 1.85. The van der Waals surface area contributed by atoms with Gasteiger partial charge in [-0.25, -0.2) is 4.98 Å². The highest BCUT2D eigenvalue weighted by Crippen LogP contribution is 2.28. The molecule has 120 valence electrons. The van der Waals surface area contributed by atoms with Gasteiger partial charge in [0.25, 0.3) is 0 Å². The van der Waals surface area contributed by atoms with E-state index in [1.807, 2.05) is 0 Å². The number of rotatable bonds is 3. The minimum Gasteiger partial charge on any atom is -0.438 e. The van der Waals surface area contributed by atoms with Crippen LogP contribution in [0, 0.1) is 0 Å². The number of ketones is 2. The van der Waals surface area contributed by atoms with E-state index in [1.54, 1.807) is 67.0 Å². The molecule has 0 amide bonds. The van der Waals surface area contributed by atoms with Crippen molar-refractivity contribution in [2.75, 3.05) is 0 Å². The Morgan fingerprint density at radius 1 is 0.840 bits per heavy atom. The van der Waals surface area contributed by atoms with E-state index in [0.717, 1.165) is 5.56 Å². The van der Waals surface area contributed by atoms with Crippen LogP contribution < -0.4 is 4.74 Å². The van der Waals surface area contributed by atoms with Gasteiger partial charge in [-0.2, -0.15) is 0 Å². The van der Waals surface area contributed by atoms with Gasteiger partial charge in [0.2, 0.25) is 5.88 Å². The molecule has 0 spiro atoms. The summed E-state index contributed by atoms with van der Waals surface area (Å²) in [4.78, 5) is 32.7. The summed E-state index contributed by atoms with van der Waals surface area (Å²) in [5, 5.41) is 0. The highest BCUT2D eigenvalue weighted by molar-refractivity contribution is 6.41. The van der Waals surface area contributed by atoms with Gasteiger partial charge in [0.15, 0.2) is 11.6 Å². The number of aromatic nitrogens is 2. The van der Waals surface area contributed by atoms with Crippen LogP contribution in [0.5, 0.6) is 11.6 Å². The van der Waals surface area contributed by atoms with Crippen LogP contribution >= 0.6 is 0 Å². The summed E-state index contributed by atoms with van der Waals surface area (Å²) in [5.74, 6) is 0.515. The van der Waals surface area contributed by atoms with E-state index < -0.39 is 0 Å². The smallest absolute Gasteiger partial charge is 0.237 e. The Labute approximate surface area is 143 Å². The average Bonchev–Trinajstić information content (AvgIpc) is 2.89. The molecule has 0 saturated heterocycles. The number of allylic oxidation sites excluding steroid dienone is 1. The van der Waals surface area contributed by atoms with Crippen molar-refractivity contribution in [3.8, 4) is 11.6 Å². The average molecular weight is 328 g/mol. The standard InChI is InChI=1S/C20H12N2O3/c23-19-15-3-1-2-4-16(15)20(24)17(19)11-13-5-7-14(8-6-13)25-18-12-21-9-10-22-18/h1-12H. The zero-order valence-electron chi connectivity index (χ0n) is 13.0. The second-order valence-corrected chi connectivity index (χ2v) is 5.48. The number of nitrogens with zero attached hydrogens (tertiary/aromatic N) is 2. The molecule has 5 nitrogen and oxygen atoms in total. The molecule has 2 aromatic carbocycles. The molecule has 0 saturated carbocycles. The van der Waals surface area contributed by atoms with Crippen molar-refractivity contribution >= 4 is 17.6 Å². The molecule has 1 aliphatic carbocycles. The van der Waals surface area contributed by atoms with Crippen LogP contribution in [0.25, 0.3) is 6.08 Å². The Kier molecular flexibility index (Phi) is 3.67. The summed E-state index contributed by atoms with van der Waals surface area (Å²) in [6.45, 7) is 0. The maximum absolute atomic E-state index is 12.4. The fourth-order valence-corrected chi connectivity index (χ4v) is 2.66. The van der Waals surface area contributed by atoms with Crippen molar-refractivity contribution in [2.45, 2.75) is 0 Å². The highest BCUT2D eigenvalue weighted by atomic mass is 16.5. The normalized spacial score (nSPS) is 12.9. The van der Waals surface area contributed by atoms with Gasteiger partial charge in [0.05, 0.1) is 11.8 Å². The minimum absolute atomic E-state index is 0.184. The summed E-state index contributed by atoms with van der Waals surface area (Å²) in [6.07, 6.45) is 6.23. The molecule has 0 atom stereocenters. The Bertz CT molecular complexity index is 956. The van der Waals surface area contributed by atoms with Crippen LogP contribution in [0.15, 0.2) is 72.7 Å². The van der Waals surface area contributed by atoms with Crippen LogP contribution in [0.4, 0.5) is 0 Å². The van der Waals surface area contributed by atoms with Crippen LogP contribution in [-0.4, -0.2) is 21.5 Å². The number of ether oxygens (including phenoxy) is 1. The lowest BCUT2D eigenvalue weighted by molar-refractivity contribution is 0.0990. The van der Waals surface area contributed by atoms with Gasteiger partial charge in [-0.3, -0.25) is 14.6 Å². The molecule has 5 heteroatoms. The number of fused-ring (bicyclic) bond motifs is 1. The van der Waals surface area contributed by atoms with E-state index in [-0.39, 0.29) is 17.1 Å². The minimum atomic E-state index is -0.236. The highest BCUT2D eigenvalue weighted by Gasteiger charge is 2.32. The molecule has 0 bridgehead atoms. The van der Waals surface area contributed by atoms with Crippen molar-refractivity contribution in [1.82, 2.24) is 9.97 Å². The molecule has 1 aromatic heterocycles. The second-order valence-electron chi connectivity index (χ2n) is 5.48. The molecule has 3 aromatic rings. The fourth-order valence-electron chi connectivity index (χ4n) is 2.66. The lowest BCUT2D eigenvalue weighted by Gasteiger charge is -2.04. The van der Waals surface area contributed by atoms with Gasteiger partial charge in [0, 0.05) is 23.5 Å². The zero-order valence-corrected chi connectivity index (χ0v) is 13.0. The third-order valence-electron chi connectivity index (χ3n) is 3.86. The number of benzene rings is 2. The number of carbonyl (C=O) groups is 2. The van der Waals surface area contributed by atoms with Gasteiger partial charge >= 0.3 is 0 Å². The van der Waals surface area contributed by atoms with E-state index in [1.165, 1.54) is 6.20 Å². The quantitative estimate of drug-likeness (QED) is 0.541. The number of carbonyl (C=O) groups excluding carboxylic acids is 2. The van der Waals surface area contributed by atoms with Crippen molar-refractivity contribution < 1.29 is 14.3 Å². The number of hydrogen-bond donors (Lipinski definition) is 0.